The minimum absolute atomic E-state index is 0.0445. The third-order valence-electron chi connectivity index (χ3n) is 3.67. The fraction of sp³-hybridized carbons (Fsp3) is 0.429. The van der Waals surface area contributed by atoms with Gasteiger partial charge in [0.05, 0.1) is 17.1 Å². The molecule has 3 rings (SSSR count). The van der Waals surface area contributed by atoms with E-state index in [1.807, 2.05) is 31.2 Å². The molecule has 1 N–H and O–H groups in total. The van der Waals surface area contributed by atoms with Crippen LogP contribution in [0.4, 0.5) is 0 Å². The van der Waals surface area contributed by atoms with Crippen molar-refractivity contribution < 1.29 is 0 Å². The molecule has 0 atom stereocenters. The van der Waals surface area contributed by atoms with E-state index < -0.39 is 0 Å². The van der Waals surface area contributed by atoms with E-state index in [0.29, 0.717) is 0 Å². The summed E-state index contributed by atoms with van der Waals surface area (Å²) in [6.07, 6.45) is 1.95. The van der Waals surface area contributed by atoms with E-state index in [9.17, 15) is 4.79 Å². The molecule has 18 heavy (non-hydrogen) atoms. The molecule has 1 fully saturated rings. The first-order valence-electron chi connectivity index (χ1n) is 6.46. The van der Waals surface area contributed by atoms with Crippen molar-refractivity contribution >= 4 is 10.8 Å². The molecule has 0 unspecified atom stereocenters. The number of aromatic nitrogens is 2. The Labute approximate surface area is 106 Å². The number of hydrogen-bond acceptors (Lipinski definition) is 3. The summed E-state index contributed by atoms with van der Waals surface area (Å²) in [7, 11) is 0. The maximum Gasteiger partial charge on any atom is 0.274 e. The van der Waals surface area contributed by atoms with E-state index in [2.05, 4.69) is 10.4 Å². The van der Waals surface area contributed by atoms with Crippen LogP contribution in [0.1, 0.15) is 24.6 Å². The lowest BCUT2D eigenvalue weighted by Crippen LogP contribution is -2.36. The second-order valence-corrected chi connectivity index (χ2v) is 4.86. The average molecular weight is 243 g/mol. The van der Waals surface area contributed by atoms with Gasteiger partial charge >= 0.3 is 0 Å². The van der Waals surface area contributed by atoms with Crippen LogP contribution in [0.5, 0.6) is 0 Å². The van der Waals surface area contributed by atoms with Crippen molar-refractivity contribution in [2.45, 2.75) is 25.8 Å². The molecular formula is C14H17N3O. The van der Waals surface area contributed by atoms with Crippen LogP contribution in [-0.2, 0) is 0 Å². The molecule has 0 spiro atoms. The van der Waals surface area contributed by atoms with Crippen LogP contribution < -0.4 is 10.9 Å². The molecule has 0 bridgehead atoms. The molecule has 1 aromatic heterocycles. The third kappa shape index (κ3) is 1.82. The summed E-state index contributed by atoms with van der Waals surface area (Å²) in [4.78, 5) is 12.5. The van der Waals surface area contributed by atoms with Gasteiger partial charge in [0, 0.05) is 5.39 Å². The Balaban J connectivity index is 2.18. The highest BCUT2D eigenvalue weighted by Gasteiger charge is 2.18. The highest BCUT2D eigenvalue weighted by atomic mass is 16.1. The predicted molar refractivity (Wildman–Crippen MR) is 71.9 cm³/mol. The highest BCUT2D eigenvalue weighted by Crippen LogP contribution is 2.18. The largest absolute Gasteiger partial charge is 0.317 e. The van der Waals surface area contributed by atoms with Crippen LogP contribution in [0, 0.1) is 6.92 Å². The molecule has 1 saturated heterocycles. The van der Waals surface area contributed by atoms with Crippen LogP contribution in [-0.4, -0.2) is 22.9 Å². The Kier molecular flexibility index (Phi) is 2.88. The maximum atomic E-state index is 12.5. The van der Waals surface area contributed by atoms with Gasteiger partial charge in [-0.1, -0.05) is 18.2 Å². The minimum Gasteiger partial charge on any atom is -0.317 e. The summed E-state index contributed by atoms with van der Waals surface area (Å²) >= 11 is 0. The SMILES string of the molecule is Cc1nn(C2CCNCC2)c(=O)c2ccccc12. The Morgan fingerprint density at radius 2 is 1.89 bits per heavy atom. The molecule has 0 radical (unpaired) electrons. The molecule has 2 aromatic rings. The standard InChI is InChI=1S/C14H17N3O/c1-10-12-4-2-3-5-13(12)14(18)17(16-10)11-6-8-15-9-7-11/h2-5,11,15H,6-9H2,1H3. The van der Waals surface area contributed by atoms with Crippen LogP contribution in [0.25, 0.3) is 10.8 Å². The van der Waals surface area contributed by atoms with Crippen molar-refractivity contribution in [3.63, 3.8) is 0 Å². The molecule has 1 aromatic carbocycles. The number of rotatable bonds is 1. The van der Waals surface area contributed by atoms with Crippen LogP contribution in [0.3, 0.4) is 0 Å². The fourth-order valence-electron chi connectivity index (χ4n) is 2.67. The molecule has 0 amide bonds. The van der Waals surface area contributed by atoms with Gasteiger partial charge in [-0.3, -0.25) is 4.79 Å². The van der Waals surface area contributed by atoms with Gasteiger partial charge in [-0.15, -0.1) is 0 Å². The van der Waals surface area contributed by atoms with Gasteiger partial charge in [0.2, 0.25) is 0 Å². The monoisotopic (exact) mass is 243 g/mol. The number of aryl methyl sites for hydroxylation is 1. The van der Waals surface area contributed by atoms with Gasteiger partial charge in [0.25, 0.3) is 5.56 Å². The molecular weight excluding hydrogens is 226 g/mol. The zero-order valence-electron chi connectivity index (χ0n) is 10.5. The van der Waals surface area contributed by atoms with Crippen LogP contribution >= 0.6 is 0 Å². The number of benzene rings is 1. The Morgan fingerprint density at radius 1 is 1.22 bits per heavy atom. The Morgan fingerprint density at radius 3 is 2.61 bits per heavy atom. The zero-order chi connectivity index (χ0) is 12.5. The predicted octanol–water partition coefficient (Wildman–Crippen LogP) is 1.63. The third-order valence-corrected chi connectivity index (χ3v) is 3.67. The summed E-state index contributed by atoms with van der Waals surface area (Å²) < 4.78 is 1.69. The van der Waals surface area contributed by atoms with Crippen LogP contribution in [0.15, 0.2) is 29.1 Å². The first-order chi connectivity index (χ1) is 8.77. The topological polar surface area (TPSA) is 46.9 Å². The number of fused-ring (bicyclic) bond motifs is 1. The van der Waals surface area contributed by atoms with Gasteiger partial charge in [-0.05, 0) is 38.9 Å². The van der Waals surface area contributed by atoms with Gasteiger partial charge < -0.3 is 5.32 Å². The van der Waals surface area contributed by atoms with Crippen LogP contribution in [0.2, 0.25) is 0 Å². The number of nitrogens with one attached hydrogen (secondary N) is 1. The average Bonchev–Trinajstić information content (AvgIpc) is 2.44. The smallest absolute Gasteiger partial charge is 0.274 e. The summed E-state index contributed by atoms with van der Waals surface area (Å²) in [5, 5.41) is 9.56. The van der Waals surface area contributed by atoms with Crippen molar-refractivity contribution in [3.05, 3.63) is 40.3 Å². The Bertz CT molecular complexity index is 626. The van der Waals surface area contributed by atoms with Crippen molar-refractivity contribution in [3.8, 4) is 0 Å². The van der Waals surface area contributed by atoms with E-state index in [1.165, 1.54) is 0 Å². The van der Waals surface area contributed by atoms with Crippen molar-refractivity contribution in [1.82, 2.24) is 15.1 Å². The van der Waals surface area contributed by atoms with Crippen molar-refractivity contribution in [1.29, 1.82) is 0 Å². The molecule has 1 aliphatic rings. The quantitative estimate of drug-likeness (QED) is 0.828. The highest BCUT2D eigenvalue weighted by molar-refractivity contribution is 5.83. The summed E-state index contributed by atoms with van der Waals surface area (Å²) in [5.74, 6) is 0. The molecule has 4 heteroatoms. The lowest BCUT2D eigenvalue weighted by atomic mass is 10.1. The number of hydrogen-bond donors (Lipinski definition) is 1. The second kappa shape index (κ2) is 4.53. The molecule has 94 valence electrons. The maximum absolute atomic E-state index is 12.5. The molecule has 0 aliphatic carbocycles. The van der Waals surface area contributed by atoms with E-state index in [0.717, 1.165) is 42.4 Å². The first kappa shape index (κ1) is 11.4. The summed E-state index contributed by atoms with van der Waals surface area (Å²) in [6.45, 7) is 3.90. The fourth-order valence-corrected chi connectivity index (χ4v) is 2.67. The molecule has 1 aliphatic heterocycles. The van der Waals surface area contributed by atoms with Crippen molar-refractivity contribution in [2.75, 3.05) is 13.1 Å². The number of nitrogens with zero attached hydrogens (tertiary/aromatic N) is 2. The molecule has 0 saturated carbocycles. The van der Waals surface area contributed by atoms with Gasteiger partial charge in [-0.2, -0.15) is 5.10 Å². The summed E-state index contributed by atoms with van der Waals surface area (Å²) in [6, 6.07) is 7.96. The lowest BCUT2D eigenvalue weighted by molar-refractivity contribution is 0.332. The van der Waals surface area contributed by atoms with Crippen molar-refractivity contribution in [2.24, 2.45) is 0 Å². The van der Waals surface area contributed by atoms with Gasteiger partial charge in [0.1, 0.15) is 0 Å². The van der Waals surface area contributed by atoms with E-state index >= 15 is 0 Å². The van der Waals surface area contributed by atoms with E-state index in [-0.39, 0.29) is 11.6 Å². The van der Waals surface area contributed by atoms with E-state index in [1.54, 1.807) is 4.68 Å². The summed E-state index contributed by atoms with van der Waals surface area (Å²) in [5.41, 5.74) is 0.979. The second-order valence-electron chi connectivity index (χ2n) is 4.86. The van der Waals surface area contributed by atoms with Gasteiger partial charge in [-0.25, -0.2) is 4.68 Å². The minimum atomic E-state index is 0.0445. The van der Waals surface area contributed by atoms with Gasteiger partial charge in [0.15, 0.2) is 0 Å². The molecule has 2 heterocycles. The number of piperidine rings is 1. The van der Waals surface area contributed by atoms with E-state index in [4.69, 9.17) is 0 Å². The molecule has 4 nitrogen and oxygen atoms in total. The first-order valence-corrected chi connectivity index (χ1v) is 6.46. The normalized spacial score (nSPS) is 17.2. The lowest BCUT2D eigenvalue weighted by Gasteiger charge is -2.24. The Hall–Kier alpha value is -1.68. The zero-order valence-corrected chi connectivity index (χ0v) is 10.5.